The van der Waals surface area contributed by atoms with E-state index in [0.717, 1.165) is 23.6 Å². The molecule has 0 bridgehead atoms. The van der Waals surface area contributed by atoms with Crippen molar-refractivity contribution in [2.24, 2.45) is 5.92 Å². The van der Waals surface area contributed by atoms with E-state index in [0.29, 0.717) is 42.1 Å². The fourth-order valence-corrected chi connectivity index (χ4v) is 4.66. The number of ether oxygens (including phenoxy) is 3. The fraction of sp³-hybridized carbons (Fsp3) is 0.321. The quantitative estimate of drug-likeness (QED) is 0.361. The van der Waals surface area contributed by atoms with Gasteiger partial charge >= 0.3 is 5.97 Å². The zero-order valence-electron chi connectivity index (χ0n) is 19.1. The minimum Gasteiger partial charge on any atom is -0.486 e. The molecule has 0 amide bonds. The first-order chi connectivity index (χ1) is 16.4. The summed E-state index contributed by atoms with van der Waals surface area (Å²) in [5, 5.41) is 0. The number of carbonyl (C=O) groups is 1. The number of halogens is 2. The van der Waals surface area contributed by atoms with Crippen LogP contribution < -0.4 is 9.47 Å². The molecule has 1 fully saturated rings. The van der Waals surface area contributed by atoms with Gasteiger partial charge < -0.3 is 14.2 Å². The molecule has 3 unspecified atom stereocenters. The van der Waals surface area contributed by atoms with Gasteiger partial charge in [0.15, 0.2) is 11.6 Å². The summed E-state index contributed by atoms with van der Waals surface area (Å²) in [7, 11) is 0. The summed E-state index contributed by atoms with van der Waals surface area (Å²) in [6, 6.07) is 15.7. The standard InChI is InChI=1S/C28H26F2O4/c1-3-32-28(31)22-14-21(22)17-6-10-18(11-7-17)33-25-13-12-20-26(25)23(29)15-24(30)27(20)34-19-8-4-16(2)5-9-19/h4-11,15,21-22,25H,3,12-14H2,1-2H3. The highest BCUT2D eigenvalue weighted by molar-refractivity contribution is 5.77. The Labute approximate surface area is 197 Å². The molecule has 1 saturated carbocycles. The van der Waals surface area contributed by atoms with E-state index in [9.17, 15) is 13.6 Å². The van der Waals surface area contributed by atoms with E-state index in [2.05, 4.69) is 0 Å². The number of benzene rings is 3. The van der Waals surface area contributed by atoms with Gasteiger partial charge in [-0.1, -0.05) is 29.8 Å². The minimum atomic E-state index is -0.720. The summed E-state index contributed by atoms with van der Waals surface area (Å²) in [5.41, 5.74) is 2.97. The lowest BCUT2D eigenvalue weighted by molar-refractivity contribution is -0.144. The molecule has 176 valence electrons. The van der Waals surface area contributed by atoms with Gasteiger partial charge in [-0.05, 0) is 68.9 Å². The van der Waals surface area contributed by atoms with Crippen LogP contribution in [0.2, 0.25) is 0 Å². The number of hydrogen-bond donors (Lipinski definition) is 0. The second-order valence-electron chi connectivity index (χ2n) is 8.89. The number of fused-ring (bicyclic) bond motifs is 1. The van der Waals surface area contributed by atoms with Crippen LogP contribution >= 0.6 is 0 Å². The maximum Gasteiger partial charge on any atom is 0.309 e. The molecule has 3 atom stereocenters. The SMILES string of the molecule is CCOC(=O)C1CC1c1ccc(OC2CCc3c(Oc4ccc(C)cc4)c(F)cc(F)c32)cc1. The van der Waals surface area contributed by atoms with E-state index < -0.39 is 17.7 Å². The van der Waals surface area contributed by atoms with Crippen LogP contribution in [0.1, 0.15) is 54.0 Å². The van der Waals surface area contributed by atoms with E-state index in [-0.39, 0.29) is 23.6 Å². The molecule has 34 heavy (non-hydrogen) atoms. The molecule has 0 spiro atoms. The zero-order valence-corrected chi connectivity index (χ0v) is 19.1. The molecule has 4 nitrogen and oxygen atoms in total. The maximum atomic E-state index is 14.8. The summed E-state index contributed by atoms with van der Waals surface area (Å²) < 4.78 is 46.5. The topological polar surface area (TPSA) is 44.8 Å². The third-order valence-corrected chi connectivity index (χ3v) is 6.51. The van der Waals surface area contributed by atoms with Gasteiger partial charge in [-0.3, -0.25) is 4.79 Å². The summed E-state index contributed by atoms with van der Waals surface area (Å²) in [6.45, 7) is 4.14. The monoisotopic (exact) mass is 464 g/mol. The predicted molar refractivity (Wildman–Crippen MR) is 123 cm³/mol. The molecule has 6 heteroatoms. The van der Waals surface area contributed by atoms with Crippen molar-refractivity contribution in [1.82, 2.24) is 0 Å². The molecule has 0 N–H and O–H groups in total. The van der Waals surface area contributed by atoms with Crippen molar-refractivity contribution < 1.29 is 27.8 Å². The van der Waals surface area contributed by atoms with Crippen molar-refractivity contribution in [3.63, 3.8) is 0 Å². The number of aryl methyl sites for hydroxylation is 1. The lowest BCUT2D eigenvalue weighted by atomic mass is 10.1. The molecule has 0 aliphatic heterocycles. The summed E-state index contributed by atoms with van der Waals surface area (Å²) >= 11 is 0. The number of hydrogen-bond acceptors (Lipinski definition) is 4. The van der Waals surface area contributed by atoms with E-state index in [1.54, 1.807) is 19.1 Å². The van der Waals surface area contributed by atoms with Gasteiger partial charge in [0.05, 0.1) is 12.5 Å². The Morgan fingerprint density at radius 1 is 1.00 bits per heavy atom. The molecular formula is C28H26F2O4. The molecule has 0 heterocycles. The van der Waals surface area contributed by atoms with Gasteiger partial charge in [0, 0.05) is 17.2 Å². The lowest BCUT2D eigenvalue weighted by Gasteiger charge is -2.17. The van der Waals surface area contributed by atoms with Crippen LogP contribution in [0.15, 0.2) is 54.6 Å². The third kappa shape index (κ3) is 4.37. The first-order valence-electron chi connectivity index (χ1n) is 11.6. The van der Waals surface area contributed by atoms with Crippen molar-refractivity contribution in [2.45, 2.75) is 45.1 Å². The van der Waals surface area contributed by atoms with Gasteiger partial charge in [0.2, 0.25) is 0 Å². The van der Waals surface area contributed by atoms with Crippen LogP contribution in [0.3, 0.4) is 0 Å². The maximum absolute atomic E-state index is 14.8. The van der Waals surface area contributed by atoms with Crippen molar-refractivity contribution >= 4 is 5.97 Å². The van der Waals surface area contributed by atoms with Crippen molar-refractivity contribution in [1.29, 1.82) is 0 Å². The molecule has 2 aliphatic carbocycles. The van der Waals surface area contributed by atoms with Crippen LogP contribution in [0, 0.1) is 24.5 Å². The average molecular weight is 465 g/mol. The van der Waals surface area contributed by atoms with Crippen molar-refractivity contribution in [3.05, 3.63) is 88.5 Å². The molecule has 0 saturated heterocycles. The average Bonchev–Trinajstić information content (AvgIpc) is 3.52. The third-order valence-electron chi connectivity index (χ3n) is 6.51. The summed E-state index contributed by atoms with van der Waals surface area (Å²) in [4.78, 5) is 11.9. The van der Waals surface area contributed by atoms with Gasteiger partial charge in [0.1, 0.15) is 23.4 Å². The van der Waals surface area contributed by atoms with E-state index in [1.165, 1.54) is 0 Å². The summed E-state index contributed by atoms with van der Waals surface area (Å²) in [5.74, 6) is -0.256. The van der Waals surface area contributed by atoms with Gasteiger partial charge in [-0.25, -0.2) is 8.78 Å². The molecular weight excluding hydrogens is 438 g/mol. The lowest BCUT2D eigenvalue weighted by Crippen LogP contribution is -2.08. The zero-order chi connectivity index (χ0) is 23.8. The van der Waals surface area contributed by atoms with Crippen molar-refractivity contribution in [2.75, 3.05) is 6.61 Å². The molecule has 3 aromatic rings. The van der Waals surface area contributed by atoms with Crippen LogP contribution in [0.25, 0.3) is 0 Å². The van der Waals surface area contributed by atoms with Crippen LogP contribution in [-0.4, -0.2) is 12.6 Å². The molecule has 0 radical (unpaired) electrons. The Morgan fingerprint density at radius 3 is 2.41 bits per heavy atom. The summed E-state index contributed by atoms with van der Waals surface area (Å²) in [6.07, 6.45) is 1.23. The number of carbonyl (C=O) groups excluding carboxylic acids is 1. The van der Waals surface area contributed by atoms with Gasteiger partial charge in [-0.2, -0.15) is 0 Å². The molecule has 0 aromatic heterocycles. The Balaban J connectivity index is 1.32. The Bertz CT molecular complexity index is 1200. The first kappa shape index (κ1) is 22.4. The molecule has 3 aromatic carbocycles. The Morgan fingerprint density at radius 2 is 1.71 bits per heavy atom. The number of esters is 1. The Kier molecular flexibility index (Phi) is 5.98. The largest absolute Gasteiger partial charge is 0.486 e. The normalized spacial score (nSPS) is 20.5. The van der Waals surface area contributed by atoms with E-state index >= 15 is 0 Å². The fourth-order valence-electron chi connectivity index (χ4n) is 4.66. The Hall–Kier alpha value is -3.41. The van der Waals surface area contributed by atoms with Crippen LogP contribution in [0.4, 0.5) is 8.78 Å². The highest BCUT2D eigenvalue weighted by Gasteiger charge is 2.45. The highest BCUT2D eigenvalue weighted by Crippen LogP contribution is 2.49. The van der Waals surface area contributed by atoms with Gasteiger partial charge in [0.25, 0.3) is 0 Å². The predicted octanol–water partition coefficient (Wildman–Crippen LogP) is 6.80. The second kappa shape index (κ2) is 9.09. The molecule has 2 aliphatic rings. The van der Waals surface area contributed by atoms with Gasteiger partial charge in [-0.15, -0.1) is 0 Å². The van der Waals surface area contributed by atoms with Crippen LogP contribution in [0.5, 0.6) is 17.2 Å². The molecule has 5 rings (SSSR count). The minimum absolute atomic E-state index is 0.0560. The van der Waals surface area contributed by atoms with E-state index in [1.807, 2.05) is 43.3 Å². The van der Waals surface area contributed by atoms with Crippen molar-refractivity contribution in [3.8, 4) is 17.2 Å². The van der Waals surface area contributed by atoms with Crippen LogP contribution in [-0.2, 0) is 16.0 Å². The van der Waals surface area contributed by atoms with E-state index in [4.69, 9.17) is 14.2 Å². The first-order valence-corrected chi connectivity index (χ1v) is 11.6. The second-order valence-corrected chi connectivity index (χ2v) is 8.89. The number of rotatable bonds is 7. The highest BCUT2D eigenvalue weighted by atomic mass is 19.1. The smallest absolute Gasteiger partial charge is 0.309 e.